The molecule has 113 heavy (non-hydrogen) atoms. The van der Waals surface area contributed by atoms with Crippen molar-refractivity contribution in [1.82, 2.24) is 29.3 Å². The van der Waals surface area contributed by atoms with Gasteiger partial charge in [0.1, 0.15) is 0 Å². The monoisotopic (exact) mass is 1950 g/mol. The summed E-state index contributed by atoms with van der Waals surface area (Å²) in [6.45, 7) is 0. The summed E-state index contributed by atoms with van der Waals surface area (Å²) in [5, 5.41) is 69.1. The van der Waals surface area contributed by atoms with E-state index in [1.165, 1.54) is 87.9 Å². The van der Waals surface area contributed by atoms with Crippen LogP contribution in [0.2, 0.25) is 20.1 Å². The van der Waals surface area contributed by atoms with E-state index in [0.29, 0.717) is 74.4 Å². The van der Waals surface area contributed by atoms with E-state index in [0.717, 1.165) is 32.2 Å². The first-order chi connectivity index (χ1) is 52.7. The summed E-state index contributed by atoms with van der Waals surface area (Å²) in [7, 11) is 11.8. The van der Waals surface area contributed by atoms with Crippen molar-refractivity contribution < 1.29 is 83.5 Å². The van der Waals surface area contributed by atoms with Crippen LogP contribution in [0.1, 0.15) is 58.5 Å². The number of nitrogen functional groups attached to an aromatic ring is 2. The molecule has 3 aromatic heterocycles. The minimum atomic E-state index is -4.68. The number of carbonyl (C=O) groups is 4. The van der Waals surface area contributed by atoms with Gasteiger partial charge in [-0.05, 0) is 213 Å². The topological polar surface area (TPSA) is 380 Å². The Balaban J connectivity index is 0.000000251. The van der Waals surface area contributed by atoms with Crippen LogP contribution in [-0.4, -0.2) is 103 Å². The second-order valence-corrected chi connectivity index (χ2v) is 30.0. The van der Waals surface area contributed by atoms with E-state index in [-0.39, 0.29) is 62.7 Å². The van der Waals surface area contributed by atoms with Crippen LogP contribution in [0.25, 0.3) is 22.5 Å². The number of rotatable bonds is 13. The summed E-state index contributed by atoms with van der Waals surface area (Å²) >= 11 is 33.3. The number of aryl methyl sites for hydroxylation is 3. The molecule has 26 nitrogen and oxygen atoms in total. The van der Waals surface area contributed by atoms with Gasteiger partial charge in [-0.3, -0.25) is 63.6 Å². The van der Waals surface area contributed by atoms with Crippen molar-refractivity contribution in [1.29, 1.82) is 0 Å². The first-order valence-electron chi connectivity index (χ1n) is 30.4. The number of nitro benzene ring substituents is 3. The van der Waals surface area contributed by atoms with Gasteiger partial charge in [-0.25, -0.2) is 0 Å². The first kappa shape index (κ1) is 94.0. The van der Waals surface area contributed by atoms with Crippen LogP contribution in [0.15, 0.2) is 197 Å². The number of benzene rings is 8. The maximum atomic E-state index is 12.9. The predicted octanol–water partition coefficient (Wildman–Crippen LogP) is 18.6. The van der Waals surface area contributed by atoms with Crippen LogP contribution >= 0.6 is 108 Å². The molecule has 0 unspecified atom stereocenters. The van der Waals surface area contributed by atoms with E-state index in [1.54, 1.807) is 97.1 Å². The number of nitro groups is 3. The van der Waals surface area contributed by atoms with Crippen molar-refractivity contribution in [2.45, 2.75) is 18.5 Å². The Morgan fingerprint density at radius 1 is 0.451 bits per heavy atom. The molecule has 11 rings (SSSR count). The van der Waals surface area contributed by atoms with E-state index < -0.39 is 93.2 Å². The molecule has 0 spiro atoms. The van der Waals surface area contributed by atoms with Gasteiger partial charge < -0.3 is 37.5 Å². The van der Waals surface area contributed by atoms with Crippen molar-refractivity contribution in [3.63, 3.8) is 0 Å². The van der Waals surface area contributed by atoms with Gasteiger partial charge in [0.25, 0.3) is 40.0 Å². The molecular formula is C67H49BBr2Cl7F9N14O12Sn. The molecule has 0 bridgehead atoms. The molecule has 592 valence electrons. The molecule has 3 heterocycles. The van der Waals surface area contributed by atoms with Crippen LogP contribution in [0.3, 0.4) is 0 Å². The molecule has 0 aliphatic rings. The van der Waals surface area contributed by atoms with Crippen LogP contribution in [-0.2, 0) is 39.7 Å². The second-order valence-electron chi connectivity index (χ2n) is 21.9. The zero-order valence-electron chi connectivity index (χ0n) is 56.9. The number of alkyl halides is 9. The van der Waals surface area contributed by atoms with Crippen LogP contribution < -0.4 is 33.0 Å². The summed E-state index contributed by atoms with van der Waals surface area (Å²) < 4.78 is 117. The van der Waals surface area contributed by atoms with Gasteiger partial charge >= 0.3 is 62.4 Å². The van der Waals surface area contributed by atoms with Gasteiger partial charge in [0.15, 0.2) is 17.1 Å². The van der Waals surface area contributed by atoms with Crippen LogP contribution in [0.4, 0.5) is 85.0 Å². The number of hydrogen-bond donors (Lipinski definition) is 7. The third-order valence-corrected chi connectivity index (χ3v) is 16.7. The van der Waals surface area contributed by atoms with Crippen molar-refractivity contribution in [2.75, 3.05) is 27.4 Å². The Labute approximate surface area is 691 Å². The first-order valence-corrected chi connectivity index (χ1v) is 41.1. The number of amides is 3. The van der Waals surface area contributed by atoms with Crippen molar-refractivity contribution in [3.05, 3.63) is 287 Å². The SMILES string of the molecule is Cn1nc(C(F)(F)F)cc1-c1ccc(NC(=O)c2ccc(Cl)cc2)cc1N.Cn1nc(C(F)(F)F)cc1-c1ccc(NC(=O)c2ccc(Cl)cc2)cc1[N+](=O)[O-].Cn1nc(C(F)(F)F)cc1B(O)O.Nc1ccc(Br)c([N+](=O)[O-])c1.O=C(Cl)c1ccc(Cl)cc1.O=C(Nc1ccc(Br)c([N+](=O)[O-])c1)c1ccc(Cl)cc1.[Cl][Sn][Cl]. The van der Waals surface area contributed by atoms with E-state index in [4.69, 9.17) is 97.4 Å². The predicted molar refractivity (Wildman–Crippen MR) is 420 cm³/mol. The van der Waals surface area contributed by atoms with Gasteiger partial charge in [0.05, 0.1) is 46.3 Å². The quantitative estimate of drug-likeness (QED) is 0.0141. The molecule has 2 radical (unpaired) electrons. The van der Waals surface area contributed by atoms with Gasteiger partial charge in [-0.15, -0.1) is 0 Å². The Bertz CT molecular complexity index is 5220. The van der Waals surface area contributed by atoms with Gasteiger partial charge in [0, 0.05) is 116 Å². The number of nitrogens with one attached hydrogen (secondary N) is 3. The summed E-state index contributed by atoms with van der Waals surface area (Å²) in [6.07, 6.45) is -13.8. The number of anilines is 5. The molecule has 0 saturated heterocycles. The molecule has 11 aromatic rings. The number of aromatic nitrogens is 6. The third-order valence-electron chi connectivity index (χ3n) is 14.1. The average Bonchev–Trinajstić information content (AvgIpc) is 1.70. The van der Waals surface area contributed by atoms with Crippen molar-refractivity contribution in [3.8, 4) is 22.5 Å². The van der Waals surface area contributed by atoms with Crippen molar-refractivity contribution >= 4 is 208 Å². The molecule has 0 atom stereocenters. The molecule has 0 aliphatic carbocycles. The van der Waals surface area contributed by atoms with Gasteiger partial charge in [0.2, 0.25) is 0 Å². The maximum absolute atomic E-state index is 12.9. The molecule has 46 heteroatoms. The van der Waals surface area contributed by atoms with E-state index in [1.807, 2.05) is 0 Å². The van der Waals surface area contributed by atoms with Crippen LogP contribution in [0.5, 0.6) is 0 Å². The second kappa shape index (κ2) is 42.5. The molecule has 3 amide bonds. The number of carbonyl (C=O) groups excluding carboxylic acids is 4. The Hall–Kier alpha value is -9.59. The summed E-state index contributed by atoms with van der Waals surface area (Å²) in [4.78, 5) is 77.8. The summed E-state index contributed by atoms with van der Waals surface area (Å²) in [5.41, 5.74) is 10.6. The molecule has 0 fully saturated rings. The third kappa shape index (κ3) is 29.1. The molecule has 0 saturated carbocycles. The molecule has 0 aliphatic heterocycles. The standard InChI is InChI=1S/C18H12ClF3N4O3.C18H14ClF3N4O.C13H8BrClN2O3.C7H4Cl2O.C6H5BrN2O2.C5H6BF3N2O2.2ClH.Sn/c1-25-14(9-16(24-25)18(20,21)22)13-7-6-12(8-15(13)26(28)29)23-17(27)10-2-4-11(19)5-3-10;1-26-15(9-16(25-26)18(20,21)22)13-7-6-12(8-14(13)23)24-17(27)10-2-4-11(19)5-3-10;14-11-6-5-10(7-12(11)17(19)20)16-13(18)8-1-3-9(15)4-2-8;8-6-3-1-5(2-4-6)7(9)10;7-5-2-1-4(8)3-6(5)9(10)11;1-11-4(6(12)13)2-3(10-11)5(7,8)9;;;/h2-9H,1H3,(H,23,27);2-9H,23H2,1H3,(H,24,27);1-7H,(H,16,18);1-4H;1-3H,8H2;2,12-13H,1H3;2*1H;/q;;;;;;;;+2/p-2. The van der Waals surface area contributed by atoms with Gasteiger partial charge in [-0.1, -0.05) is 46.4 Å². The summed E-state index contributed by atoms with van der Waals surface area (Å²) in [6, 6.07) is 44.4. The van der Waals surface area contributed by atoms with Crippen molar-refractivity contribution in [2.24, 2.45) is 21.1 Å². The van der Waals surface area contributed by atoms with E-state index in [9.17, 15) is 89.0 Å². The number of nitrogens with zero attached hydrogens (tertiary/aromatic N) is 9. The Morgan fingerprint density at radius 2 is 0.752 bits per heavy atom. The zero-order valence-corrected chi connectivity index (χ0v) is 68.3. The average molecular weight is 1950 g/mol. The normalized spacial score (nSPS) is 10.7. The van der Waals surface area contributed by atoms with Gasteiger partial charge in [-0.2, -0.15) is 54.8 Å². The fourth-order valence-electron chi connectivity index (χ4n) is 8.82. The minimum absolute atomic E-state index is 0.00926. The fraction of sp³-hybridized carbons (Fsp3) is 0.0896. The number of nitrogens with two attached hydrogens (primary N) is 2. The molecule has 9 N–H and O–H groups in total. The Kier molecular flexibility index (Phi) is 35.4. The van der Waals surface area contributed by atoms with E-state index >= 15 is 0 Å². The molecular weight excluding hydrogens is 1900 g/mol. The number of hydrogen-bond acceptors (Lipinski definition) is 17. The zero-order chi connectivity index (χ0) is 84.7. The fourth-order valence-corrected chi connectivity index (χ4v) is 10.2. The number of halogens is 18. The Morgan fingerprint density at radius 3 is 1.06 bits per heavy atom. The summed E-state index contributed by atoms with van der Waals surface area (Å²) in [5.74, 6) is -1.25. The van der Waals surface area contributed by atoms with Crippen LogP contribution in [0, 0.1) is 30.3 Å². The van der Waals surface area contributed by atoms with E-state index in [2.05, 4.69) is 63.1 Å². The molecule has 8 aromatic carbocycles.